The first-order chi connectivity index (χ1) is 15.4. The number of ether oxygens (including phenoxy) is 1. The molecule has 166 valence electrons. The van der Waals surface area contributed by atoms with E-state index >= 15 is 0 Å². The van der Waals surface area contributed by atoms with Crippen LogP contribution >= 0.6 is 23.2 Å². The van der Waals surface area contributed by atoms with Gasteiger partial charge in [-0.05, 0) is 42.3 Å². The second-order valence-corrected chi connectivity index (χ2v) is 8.09. The molecule has 3 aromatic rings. The van der Waals surface area contributed by atoms with E-state index < -0.39 is 6.04 Å². The molecule has 7 heteroatoms. The number of rotatable bonds is 9. The number of amides is 2. The molecule has 0 bridgehead atoms. The molecule has 0 saturated carbocycles. The van der Waals surface area contributed by atoms with Gasteiger partial charge in [0, 0.05) is 18.1 Å². The van der Waals surface area contributed by atoms with E-state index in [9.17, 15) is 9.59 Å². The van der Waals surface area contributed by atoms with Crippen LogP contribution in [0.25, 0.3) is 0 Å². The van der Waals surface area contributed by atoms with Crippen molar-refractivity contribution in [1.82, 2.24) is 10.2 Å². The Labute approximate surface area is 197 Å². The highest BCUT2D eigenvalue weighted by atomic mass is 35.5. The Morgan fingerprint density at radius 1 is 0.906 bits per heavy atom. The average molecular weight is 471 g/mol. The topological polar surface area (TPSA) is 58.6 Å². The number of nitrogens with zero attached hydrogens (tertiary/aromatic N) is 1. The minimum absolute atomic E-state index is 0.231. The number of carbonyl (C=O) groups excluding carboxylic acids is 2. The SMILES string of the molecule is C[C@@H](C(=O)NCc1ccc(Cl)cc1)N(Cc1ccccc1)C(=O)COc1ccccc1Cl. The van der Waals surface area contributed by atoms with Gasteiger partial charge in [0.1, 0.15) is 11.8 Å². The van der Waals surface area contributed by atoms with Crippen molar-refractivity contribution in [3.8, 4) is 5.75 Å². The summed E-state index contributed by atoms with van der Waals surface area (Å²) in [7, 11) is 0. The van der Waals surface area contributed by atoms with E-state index in [0.717, 1.165) is 11.1 Å². The third kappa shape index (κ3) is 6.74. The molecule has 0 spiro atoms. The number of carbonyl (C=O) groups is 2. The fourth-order valence-electron chi connectivity index (χ4n) is 3.09. The lowest BCUT2D eigenvalue weighted by Crippen LogP contribution is -2.48. The van der Waals surface area contributed by atoms with Crippen LogP contribution in [0.1, 0.15) is 18.1 Å². The summed E-state index contributed by atoms with van der Waals surface area (Å²) in [5.74, 6) is -0.160. The summed E-state index contributed by atoms with van der Waals surface area (Å²) in [5, 5.41) is 3.94. The lowest BCUT2D eigenvalue weighted by molar-refractivity contribution is -0.142. The van der Waals surface area contributed by atoms with E-state index in [-0.39, 0.29) is 25.0 Å². The lowest BCUT2D eigenvalue weighted by Gasteiger charge is -2.29. The maximum Gasteiger partial charge on any atom is 0.261 e. The minimum atomic E-state index is -0.704. The molecule has 3 rings (SSSR count). The van der Waals surface area contributed by atoms with Gasteiger partial charge in [-0.15, -0.1) is 0 Å². The maximum atomic E-state index is 13.1. The van der Waals surface area contributed by atoms with Crippen molar-refractivity contribution < 1.29 is 14.3 Å². The summed E-state index contributed by atoms with van der Waals surface area (Å²) < 4.78 is 5.62. The largest absolute Gasteiger partial charge is 0.482 e. The van der Waals surface area contributed by atoms with Crippen LogP contribution in [0.3, 0.4) is 0 Å². The molecule has 0 saturated heterocycles. The molecule has 3 aromatic carbocycles. The molecule has 0 aliphatic carbocycles. The Kier molecular flexibility index (Phi) is 8.54. The van der Waals surface area contributed by atoms with Crippen LogP contribution in [0.2, 0.25) is 10.0 Å². The zero-order valence-corrected chi connectivity index (χ0v) is 19.1. The highest BCUT2D eigenvalue weighted by molar-refractivity contribution is 6.32. The predicted octanol–water partition coefficient (Wildman–Crippen LogP) is 5.11. The number of nitrogens with one attached hydrogen (secondary N) is 1. The number of para-hydroxylation sites is 1. The Morgan fingerprint density at radius 3 is 2.25 bits per heavy atom. The average Bonchev–Trinajstić information content (AvgIpc) is 2.81. The van der Waals surface area contributed by atoms with Crippen LogP contribution in [-0.2, 0) is 22.7 Å². The molecule has 32 heavy (non-hydrogen) atoms. The molecule has 0 heterocycles. The summed E-state index contributed by atoms with van der Waals surface area (Å²) in [4.78, 5) is 27.4. The normalized spacial score (nSPS) is 11.5. The van der Waals surface area contributed by atoms with Gasteiger partial charge in [-0.2, -0.15) is 0 Å². The van der Waals surface area contributed by atoms with Crippen LogP contribution < -0.4 is 10.1 Å². The summed E-state index contributed by atoms with van der Waals surface area (Å²) in [6.07, 6.45) is 0. The molecular formula is C25H24Cl2N2O3. The van der Waals surface area contributed by atoms with Gasteiger partial charge in [0.05, 0.1) is 5.02 Å². The number of benzene rings is 3. The van der Waals surface area contributed by atoms with Crippen molar-refractivity contribution in [1.29, 1.82) is 0 Å². The lowest BCUT2D eigenvalue weighted by atomic mass is 10.1. The molecule has 2 amide bonds. The number of halogens is 2. The van der Waals surface area contributed by atoms with E-state index in [1.165, 1.54) is 4.90 Å². The summed E-state index contributed by atoms with van der Waals surface area (Å²) in [6, 6.07) is 23.0. The van der Waals surface area contributed by atoms with E-state index in [2.05, 4.69) is 5.32 Å². The molecule has 0 unspecified atom stereocenters. The molecule has 1 atom stereocenters. The molecular weight excluding hydrogens is 447 g/mol. The van der Waals surface area contributed by atoms with Crippen LogP contribution in [0, 0.1) is 0 Å². The molecule has 0 aliphatic rings. The maximum absolute atomic E-state index is 13.1. The zero-order chi connectivity index (χ0) is 22.9. The molecule has 0 aliphatic heterocycles. The van der Waals surface area contributed by atoms with Crippen molar-refractivity contribution in [2.75, 3.05) is 6.61 Å². The van der Waals surface area contributed by atoms with Crippen molar-refractivity contribution in [2.24, 2.45) is 0 Å². The zero-order valence-electron chi connectivity index (χ0n) is 17.6. The molecule has 0 radical (unpaired) electrons. The molecule has 0 aromatic heterocycles. The molecule has 5 nitrogen and oxygen atoms in total. The van der Waals surface area contributed by atoms with Gasteiger partial charge in [-0.3, -0.25) is 9.59 Å². The minimum Gasteiger partial charge on any atom is -0.482 e. The Balaban J connectivity index is 1.68. The first-order valence-corrected chi connectivity index (χ1v) is 10.9. The second kappa shape index (κ2) is 11.6. The van der Waals surface area contributed by atoms with Crippen molar-refractivity contribution in [2.45, 2.75) is 26.1 Å². The van der Waals surface area contributed by atoms with Crippen molar-refractivity contribution >= 4 is 35.0 Å². The van der Waals surface area contributed by atoms with E-state index in [4.69, 9.17) is 27.9 Å². The van der Waals surface area contributed by atoms with Crippen LogP contribution in [0.4, 0.5) is 0 Å². The molecule has 0 fully saturated rings. The van der Waals surface area contributed by atoms with Crippen molar-refractivity contribution in [3.05, 3.63) is 100 Å². The first-order valence-electron chi connectivity index (χ1n) is 10.2. The third-order valence-electron chi connectivity index (χ3n) is 4.93. The quantitative estimate of drug-likeness (QED) is 0.472. The highest BCUT2D eigenvalue weighted by Crippen LogP contribution is 2.23. The number of hydrogen-bond acceptors (Lipinski definition) is 3. The fourth-order valence-corrected chi connectivity index (χ4v) is 3.40. The highest BCUT2D eigenvalue weighted by Gasteiger charge is 2.26. The van der Waals surface area contributed by atoms with E-state index in [1.807, 2.05) is 42.5 Å². The standard InChI is InChI=1S/C25H24Cl2N2O3/c1-18(25(31)28-15-19-11-13-21(26)14-12-19)29(16-20-7-3-2-4-8-20)24(30)17-32-23-10-6-5-9-22(23)27/h2-14,18H,15-17H2,1H3,(H,28,31)/t18-/m0/s1. The number of hydrogen-bond donors (Lipinski definition) is 1. The Morgan fingerprint density at radius 2 is 1.56 bits per heavy atom. The fraction of sp³-hybridized carbons (Fsp3) is 0.200. The van der Waals surface area contributed by atoms with Crippen LogP contribution in [0.15, 0.2) is 78.9 Å². The smallest absolute Gasteiger partial charge is 0.261 e. The van der Waals surface area contributed by atoms with Gasteiger partial charge in [0.15, 0.2) is 6.61 Å². The molecule has 1 N–H and O–H groups in total. The summed E-state index contributed by atoms with van der Waals surface area (Å²) >= 11 is 12.0. The van der Waals surface area contributed by atoms with Gasteiger partial charge in [-0.1, -0.05) is 77.8 Å². The van der Waals surface area contributed by atoms with Gasteiger partial charge in [-0.25, -0.2) is 0 Å². The third-order valence-corrected chi connectivity index (χ3v) is 5.50. The second-order valence-electron chi connectivity index (χ2n) is 7.25. The first kappa shape index (κ1) is 23.6. The van der Waals surface area contributed by atoms with Crippen LogP contribution in [0.5, 0.6) is 5.75 Å². The Bertz CT molecular complexity index is 1040. The van der Waals surface area contributed by atoms with Crippen molar-refractivity contribution in [3.63, 3.8) is 0 Å². The van der Waals surface area contributed by atoms with E-state index in [0.29, 0.717) is 22.3 Å². The van der Waals surface area contributed by atoms with Gasteiger partial charge in [0.25, 0.3) is 5.91 Å². The van der Waals surface area contributed by atoms with E-state index in [1.54, 1.807) is 43.3 Å². The summed E-state index contributed by atoms with van der Waals surface area (Å²) in [6.45, 7) is 2.09. The summed E-state index contributed by atoms with van der Waals surface area (Å²) in [5.41, 5.74) is 1.83. The van der Waals surface area contributed by atoms with Gasteiger partial charge < -0.3 is 15.0 Å². The Hall–Kier alpha value is -3.02. The van der Waals surface area contributed by atoms with Gasteiger partial charge >= 0.3 is 0 Å². The predicted molar refractivity (Wildman–Crippen MR) is 127 cm³/mol. The van der Waals surface area contributed by atoms with Crippen LogP contribution in [-0.4, -0.2) is 29.4 Å². The van der Waals surface area contributed by atoms with Gasteiger partial charge in [0.2, 0.25) is 5.91 Å². The monoisotopic (exact) mass is 470 g/mol.